The number of hydrogen-bond acceptors (Lipinski definition) is 3. The van der Waals surface area contributed by atoms with Gasteiger partial charge < -0.3 is 16.2 Å². The second-order valence-electron chi connectivity index (χ2n) is 4.57. The van der Waals surface area contributed by atoms with Crippen LogP contribution in [0.4, 0.5) is 0 Å². The number of benzene rings is 1. The lowest BCUT2D eigenvalue weighted by molar-refractivity contribution is 0.414. The second-order valence-corrected chi connectivity index (χ2v) is 4.57. The van der Waals surface area contributed by atoms with Crippen LogP contribution in [0, 0.1) is 0 Å². The molecule has 0 saturated carbocycles. The van der Waals surface area contributed by atoms with Crippen molar-refractivity contribution in [1.29, 1.82) is 0 Å². The molecule has 0 bridgehead atoms. The predicted octanol–water partition coefficient (Wildman–Crippen LogP) is 1.70. The van der Waals surface area contributed by atoms with Gasteiger partial charge in [0.25, 0.3) is 0 Å². The number of nitrogens with two attached hydrogens (primary N) is 2. The fraction of sp³-hybridized carbons (Fsp3) is 0.429. The third-order valence-electron chi connectivity index (χ3n) is 3.26. The van der Waals surface area contributed by atoms with E-state index in [0.29, 0.717) is 6.54 Å². The summed E-state index contributed by atoms with van der Waals surface area (Å²) in [6.07, 6.45) is 5.31. The van der Waals surface area contributed by atoms with Crippen LogP contribution in [0.1, 0.15) is 24.0 Å². The molecule has 1 aliphatic rings. The predicted molar refractivity (Wildman–Crippen MR) is 70.9 cm³/mol. The lowest BCUT2D eigenvalue weighted by Crippen LogP contribution is -2.30. The second kappa shape index (κ2) is 5.34. The topological polar surface area (TPSA) is 61.3 Å². The molecule has 0 heterocycles. The van der Waals surface area contributed by atoms with Crippen LogP contribution in [0.25, 0.3) is 6.08 Å². The number of rotatable bonds is 4. The summed E-state index contributed by atoms with van der Waals surface area (Å²) in [5.41, 5.74) is 15.5. The van der Waals surface area contributed by atoms with Crippen LogP contribution < -0.4 is 16.2 Å². The summed E-state index contributed by atoms with van der Waals surface area (Å²) < 4.78 is 5.24. The highest BCUT2D eigenvalue weighted by atomic mass is 16.5. The summed E-state index contributed by atoms with van der Waals surface area (Å²) in [7, 11) is 1.69. The Morgan fingerprint density at radius 3 is 2.88 bits per heavy atom. The number of methoxy groups -OCH3 is 1. The average molecular weight is 232 g/mol. The van der Waals surface area contributed by atoms with Gasteiger partial charge in [0.2, 0.25) is 0 Å². The molecule has 3 nitrogen and oxygen atoms in total. The quantitative estimate of drug-likeness (QED) is 0.830. The first kappa shape index (κ1) is 12.1. The number of hydrogen-bond donors (Lipinski definition) is 2. The minimum Gasteiger partial charge on any atom is -0.497 e. The molecule has 3 heteroatoms. The van der Waals surface area contributed by atoms with Gasteiger partial charge in [0.15, 0.2) is 0 Å². The highest BCUT2D eigenvalue weighted by Gasteiger charge is 2.13. The van der Waals surface area contributed by atoms with Gasteiger partial charge in [-0.25, -0.2) is 0 Å². The first-order valence-electron chi connectivity index (χ1n) is 6.05. The maximum absolute atomic E-state index is 5.89. The van der Waals surface area contributed by atoms with Crippen molar-refractivity contribution in [1.82, 2.24) is 0 Å². The minimum absolute atomic E-state index is 0.0772. The van der Waals surface area contributed by atoms with E-state index >= 15 is 0 Å². The van der Waals surface area contributed by atoms with Crippen LogP contribution in [0.15, 0.2) is 23.8 Å². The van der Waals surface area contributed by atoms with Crippen molar-refractivity contribution >= 4 is 6.08 Å². The molecular formula is C14H20N2O. The molecule has 4 N–H and O–H groups in total. The normalized spacial score (nSPS) is 16.1. The SMILES string of the molecule is COc1ccc2c(c1)C=C(C[C@H](N)CN)CC2. The third-order valence-corrected chi connectivity index (χ3v) is 3.26. The van der Waals surface area contributed by atoms with Gasteiger partial charge in [0.1, 0.15) is 5.75 Å². The van der Waals surface area contributed by atoms with Gasteiger partial charge in [-0.1, -0.05) is 17.7 Å². The molecule has 92 valence electrons. The molecule has 2 rings (SSSR count). The number of aryl methyl sites for hydroxylation is 1. The van der Waals surface area contributed by atoms with E-state index < -0.39 is 0 Å². The van der Waals surface area contributed by atoms with Crippen LogP contribution in [0.5, 0.6) is 5.75 Å². The molecule has 0 aromatic heterocycles. The summed E-state index contributed by atoms with van der Waals surface area (Å²) in [6.45, 7) is 0.544. The van der Waals surface area contributed by atoms with Crippen LogP contribution in [-0.4, -0.2) is 19.7 Å². The lowest BCUT2D eigenvalue weighted by Gasteiger charge is -2.19. The summed E-state index contributed by atoms with van der Waals surface area (Å²) in [4.78, 5) is 0. The smallest absolute Gasteiger partial charge is 0.119 e. The lowest BCUT2D eigenvalue weighted by atomic mass is 9.89. The van der Waals surface area contributed by atoms with Crippen molar-refractivity contribution < 1.29 is 4.74 Å². The number of fused-ring (bicyclic) bond motifs is 1. The van der Waals surface area contributed by atoms with E-state index in [1.165, 1.54) is 16.7 Å². The molecule has 1 aliphatic carbocycles. The van der Waals surface area contributed by atoms with Crippen LogP contribution >= 0.6 is 0 Å². The molecule has 1 aromatic carbocycles. The van der Waals surface area contributed by atoms with E-state index in [1.54, 1.807) is 7.11 Å². The summed E-state index contributed by atoms with van der Waals surface area (Å²) in [5, 5.41) is 0. The van der Waals surface area contributed by atoms with Crippen LogP contribution in [0.2, 0.25) is 0 Å². The Bertz CT molecular complexity index is 426. The fourth-order valence-corrected chi connectivity index (χ4v) is 2.23. The van der Waals surface area contributed by atoms with Crippen molar-refractivity contribution in [2.24, 2.45) is 11.5 Å². The Balaban J connectivity index is 2.20. The van der Waals surface area contributed by atoms with E-state index in [4.69, 9.17) is 16.2 Å². The molecule has 0 unspecified atom stereocenters. The molecule has 1 atom stereocenters. The monoisotopic (exact) mass is 232 g/mol. The van der Waals surface area contributed by atoms with Gasteiger partial charge in [-0.05, 0) is 42.5 Å². The maximum atomic E-state index is 5.89. The summed E-state index contributed by atoms with van der Waals surface area (Å²) in [5.74, 6) is 0.907. The van der Waals surface area contributed by atoms with Crippen LogP contribution in [0.3, 0.4) is 0 Å². The van der Waals surface area contributed by atoms with Gasteiger partial charge in [-0.2, -0.15) is 0 Å². The fourth-order valence-electron chi connectivity index (χ4n) is 2.23. The standard InChI is InChI=1S/C14H20N2O/c1-17-14-5-4-11-3-2-10(6-12(11)8-14)7-13(16)9-15/h4-6,8,13H,2-3,7,9,15-16H2,1H3/t13-/m0/s1. The van der Waals surface area contributed by atoms with Gasteiger partial charge in [-0.15, -0.1) is 0 Å². The van der Waals surface area contributed by atoms with E-state index in [1.807, 2.05) is 6.07 Å². The highest BCUT2D eigenvalue weighted by molar-refractivity contribution is 5.61. The zero-order chi connectivity index (χ0) is 12.3. The van der Waals surface area contributed by atoms with E-state index in [0.717, 1.165) is 25.0 Å². The zero-order valence-corrected chi connectivity index (χ0v) is 10.3. The van der Waals surface area contributed by atoms with Crippen molar-refractivity contribution in [2.75, 3.05) is 13.7 Å². The van der Waals surface area contributed by atoms with Gasteiger partial charge in [-0.3, -0.25) is 0 Å². The molecular weight excluding hydrogens is 212 g/mol. The molecule has 0 saturated heterocycles. The largest absolute Gasteiger partial charge is 0.497 e. The Morgan fingerprint density at radius 1 is 1.35 bits per heavy atom. The number of ether oxygens (including phenoxy) is 1. The average Bonchev–Trinajstić information content (AvgIpc) is 2.37. The van der Waals surface area contributed by atoms with Crippen molar-refractivity contribution in [3.63, 3.8) is 0 Å². The molecule has 0 aliphatic heterocycles. The van der Waals surface area contributed by atoms with E-state index in [9.17, 15) is 0 Å². The van der Waals surface area contributed by atoms with Gasteiger partial charge >= 0.3 is 0 Å². The minimum atomic E-state index is 0.0772. The molecule has 0 spiro atoms. The third kappa shape index (κ3) is 2.87. The highest BCUT2D eigenvalue weighted by Crippen LogP contribution is 2.28. The van der Waals surface area contributed by atoms with Crippen molar-refractivity contribution in [2.45, 2.75) is 25.3 Å². The molecule has 0 fully saturated rings. The first-order chi connectivity index (χ1) is 8.22. The first-order valence-corrected chi connectivity index (χ1v) is 6.05. The summed E-state index contributed by atoms with van der Waals surface area (Å²) in [6, 6.07) is 6.32. The maximum Gasteiger partial charge on any atom is 0.119 e. The molecule has 0 radical (unpaired) electrons. The Morgan fingerprint density at radius 2 is 2.18 bits per heavy atom. The Hall–Kier alpha value is -1.32. The van der Waals surface area contributed by atoms with E-state index in [-0.39, 0.29) is 6.04 Å². The van der Waals surface area contributed by atoms with E-state index in [2.05, 4.69) is 18.2 Å². The van der Waals surface area contributed by atoms with Crippen LogP contribution in [-0.2, 0) is 6.42 Å². The zero-order valence-electron chi connectivity index (χ0n) is 10.3. The Kier molecular flexibility index (Phi) is 3.82. The van der Waals surface area contributed by atoms with Gasteiger partial charge in [0.05, 0.1) is 7.11 Å². The van der Waals surface area contributed by atoms with Crippen molar-refractivity contribution in [3.8, 4) is 5.75 Å². The molecule has 1 aromatic rings. The van der Waals surface area contributed by atoms with Crippen molar-refractivity contribution in [3.05, 3.63) is 34.9 Å². The van der Waals surface area contributed by atoms with Gasteiger partial charge in [0, 0.05) is 12.6 Å². The Labute approximate surface area is 102 Å². The summed E-state index contributed by atoms with van der Waals surface area (Å²) >= 11 is 0. The molecule has 0 amide bonds. The molecule has 17 heavy (non-hydrogen) atoms.